The smallest absolute Gasteiger partial charge is 0.00172 e. The third-order valence-corrected chi connectivity index (χ3v) is 5.91. The third kappa shape index (κ3) is 1.93. The molecule has 0 fully saturated rings. The van der Waals surface area contributed by atoms with Crippen molar-refractivity contribution in [2.75, 3.05) is 0 Å². The van der Waals surface area contributed by atoms with E-state index < -0.39 is 0 Å². The van der Waals surface area contributed by atoms with Crippen LogP contribution in [0.15, 0.2) is 90.5 Å². The van der Waals surface area contributed by atoms with Gasteiger partial charge in [0.1, 0.15) is 0 Å². The van der Waals surface area contributed by atoms with Crippen LogP contribution in [0.4, 0.5) is 0 Å². The average molecular weight is 342 g/mol. The highest BCUT2D eigenvalue weighted by molar-refractivity contribution is 6.20. The van der Waals surface area contributed by atoms with E-state index in [1.807, 2.05) is 0 Å². The first-order chi connectivity index (χ1) is 13.3. The van der Waals surface area contributed by atoms with Crippen LogP contribution in [0.5, 0.6) is 0 Å². The lowest BCUT2D eigenvalue weighted by Gasteiger charge is -2.14. The number of benzene rings is 4. The predicted molar refractivity (Wildman–Crippen MR) is 115 cm³/mol. The van der Waals surface area contributed by atoms with Gasteiger partial charge in [0.15, 0.2) is 0 Å². The maximum Gasteiger partial charge on any atom is -0.00172 e. The topological polar surface area (TPSA) is 0 Å². The molecule has 0 saturated heterocycles. The van der Waals surface area contributed by atoms with Gasteiger partial charge in [-0.15, -0.1) is 0 Å². The second-order valence-electron chi connectivity index (χ2n) is 7.42. The minimum Gasteiger partial charge on any atom is -0.0616 e. The number of fused-ring (bicyclic) bond motifs is 6. The van der Waals surface area contributed by atoms with Crippen LogP contribution in [0.25, 0.3) is 39.1 Å². The zero-order chi connectivity index (χ0) is 18.0. The molecule has 0 atom stereocenters. The second kappa shape index (κ2) is 5.31. The lowest BCUT2D eigenvalue weighted by Crippen LogP contribution is -1.92. The van der Waals surface area contributed by atoms with Crippen molar-refractivity contribution < 1.29 is 0 Å². The first kappa shape index (κ1) is 14.8. The zero-order valence-corrected chi connectivity index (χ0v) is 15.2. The number of rotatable bonds is 0. The van der Waals surface area contributed by atoms with Gasteiger partial charge >= 0.3 is 0 Å². The Morgan fingerprint density at radius 3 is 1.81 bits per heavy atom. The van der Waals surface area contributed by atoms with Crippen molar-refractivity contribution >= 4 is 28.0 Å². The highest BCUT2D eigenvalue weighted by Gasteiger charge is 2.29. The maximum absolute atomic E-state index is 2.34. The molecular formula is C27H18. The Kier molecular flexibility index (Phi) is 2.90. The molecule has 0 saturated carbocycles. The van der Waals surface area contributed by atoms with Crippen LogP contribution in [-0.2, 0) is 0 Å². The molecule has 0 aliphatic heterocycles. The Labute approximate surface area is 159 Å². The molecule has 0 N–H and O–H groups in total. The van der Waals surface area contributed by atoms with Crippen molar-refractivity contribution in [3.63, 3.8) is 0 Å². The van der Waals surface area contributed by atoms with Crippen molar-refractivity contribution in [1.82, 2.24) is 0 Å². The summed E-state index contributed by atoms with van der Waals surface area (Å²) in [5.41, 5.74) is 12.2. The molecule has 2 aliphatic carbocycles. The van der Waals surface area contributed by atoms with Gasteiger partial charge in [-0.2, -0.15) is 0 Å². The van der Waals surface area contributed by atoms with Gasteiger partial charge in [-0.05, 0) is 67.8 Å². The Morgan fingerprint density at radius 1 is 0.519 bits per heavy atom. The predicted octanol–water partition coefficient (Wildman–Crippen LogP) is 7.20. The number of hydrogen-bond acceptors (Lipinski definition) is 0. The lowest BCUT2D eigenvalue weighted by molar-refractivity contribution is 1.58. The number of allylic oxidation sites excluding steroid dienone is 2. The van der Waals surface area contributed by atoms with Gasteiger partial charge < -0.3 is 0 Å². The van der Waals surface area contributed by atoms with Crippen LogP contribution < -0.4 is 0 Å². The van der Waals surface area contributed by atoms with Crippen LogP contribution in [0.1, 0.15) is 29.2 Å². The third-order valence-electron chi connectivity index (χ3n) is 5.91. The van der Waals surface area contributed by atoms with Crippen molar-refractivity contribution in [3.05, 3.63) is 113 Å². The average Bonchev–Trinajstić information content (AvgIpc) is 3.22. The molecule has 0 aromatic heterocycles. The highest BCUT2D eigenvalue weighted by Crippen LogP contribution is 2.52. The van der Waals surface area contributed by atoms with Gasteiger partial charge in [0.05, 0.1) is 0 Å². The minimum atomic E-state index is 1.30. The summed E-state index contributed by atoms with van der Waals surface area (Å²) in [7, 11) is 0. The van der Waals surface area contributed by atoms with E-state index in [4.69, 9.17) is 0 Å². The van der Waals surface area contributed by atoms with E-state index in [1.54, 1.807) is 0 Å². The van der Waals surface area contributed by atoms with Crippen molar-refractivity contribution in [2.24, 2.45) is 0 Å². The Bertz CT molecular complexity index is 1270. The van der Waals surface area contributed by atoms with Crippen LogP contribution in [-0.4, -0.2) is 0 Å². The fourth-order valence-electron chi connectivity index (χ4n) is 4.80. The fourth-order valence-corrected chi connectivity index (χ4v) is 4.80. The van der Waals surface area contributed by atoms with E-state index in [0.717, 1.165) is 0 Å². The van der Waals surface area contributed by atoms with Gasteiger partial charge in [-0.25, -0.2) is 0 Å². The second-order valence-corrected chi connectivity index (χ2v) is 7.42. The molecule has 126 valence electrons. The van der Waals surface area contributed by atoms with Gasteiger partial charge in [0, 0.05) is 0 Å². The first-order valence-electron chi connectivity index (χ1n) is 9.47. The summed E-state index contributed by atoms with van der Waals surface area (Å²) in [6, 6.07) is 30.9. The number of hydrogen-bond donors (Lipinski definition) is 0. The Morgan fingerprint density at radius 2 is 1.11 bits per heavy atom. The Hall–Kier alpha value is -3.38. The summed E-state index contributed by atoms with van der Waals surface area (Å²) < 4.78 is 0. The Balaban J connectivity index is 1.80. The lowest BCUT2D eigenvalue weighted by atomic mass is 9.89. The van der Waals surface area contributed by atoms with Crippen LogP contribution in [0.2, 0.25) is 0 Å². The molecule has 0 heteroatoms. The van der Waals surface area contributed by atoms with Gasteiger partial charge in [-0.3, -0.25) is 0 Å². The molecule has 27 heavy (non-hydrogen) atoms. The molecule has 2 aliphatic rings. The van der Waals surface area contributed by atoms with E-state index in [1.165, 1.54) is 60.9 Å². The summed E-state index contributed by atoms with van der Waals surface area (Å²) in [5, 5.41) is 2.64. The summed E-state index contributed by atoms with van der Waals surface area (Å²) >= 11 is 0. The monoisotopic (exact) mass is 342 g/mol. The van der Waals surface area contributed by atoms with Crippen LogP contribution >= 0.6 is 0 Å². The zero-order valence-electron chi connectivity index (χ0n) is 15.2. The van der Waals surface area contributed by atoms with E-state index >= 15 is 0 Å². The maximum atomic E-state index is 2.34. The molecule has 0 heterocycles. The molecule has 0 amide bonds. The van der Waals surface area contributed by atoms with Crippen molar-refractivity contribution in [1.29, 1.82) is 0 Å². The summed E-state index contributed by atoms with van der Waals surface area (Å²) in [6.07, 6.45) is 2.34. The summed E-state index contributed by atoms with van der Waals surface area (Å²) in [6.45, 7) is 2.25. The van der Waals surface area contributed by atoms with Gasteiger partial charge in [-0.1, -0.05) is 91.0 Å². The van der Waals surface area contributed by atoms with Crippen molar-refractivity contribution in [3.8, 4) is 11.1 Å². The standard InChI is InChI=1S/C27H18/c1-17-16-19-15-14-18-8-2-3-9-20(18)26(19)25(17)27-23-12-6-4-10-21(23)22-11-5-7-13-24(22)27/h2-16H,1H3. The molecule has 0 radical (unpaired) electrons. The quantitative estimate of drug-likeness (QED) is 0.279. The normalized spacial score (nSPS) is 14.2. The highest BCUT2D eigenvalue weighted by atomic mass is 14.3. The minimum absolute atomic E-state index is 1.30. The molecule has 6 rings (SSSR count). The van der Waals surface area contributed by atoms with Gasteiger partial charge in [0.2, 0.25) is 0 Å². The van der Waals surface area contributed by atoms with Gasteiger partial charge in [0.25, 0.3) is 0 Å². The molecule has 4 aromatic rings. The van der Waals surface area contributed by atoms with Crippen LogP contribution in [0.3, 0.4) is 0 Å². The summed E-state index contributed by atoms with van der Waals surface area (Å²) in [4.78, 5) is 0. The van der Waals surface area contributed by atoms with E-state index in [2.05, 4.69) is 97.9 Å². The largest absolute Gasteiger partial charge is 0.0616 e. The van der Waals surface area contributed by atoms with E-state index in [9.17, 15) is 0 Å². The van der Waals surface area contributed by atoms with E-state index in [0.29, 0.717) is 0 Å². The van der Waals surface area contributed by atoms with Crippen LogP contribution in [0, 0.1) is 0 Å². The first-order valence-corrected chi connectivity index (χ1v) is 9.47. The van der Waals surface area contributed by atoms with Crippen molar-refractivity contribution in [2.45, 2.75) is 6.92 Å². The molecule has 0 nitrogen and oxygen atoms in total. The molecular weight excluding hydrogens is 324 g/mol. The molecule has 4 aromatic carbocycles. The SMILES string of the molecule is CC1=Cc2ccc3ccccc3c2C1=C1c2ccccc2-c2ccccc21. The molecule has 0 bridgehead atoms. The molecule has 0 spiro atoms. The summed E-state index contributed by atoms with van der Waals surface area (Å²) in [5.74, 6) is 0. The van der Waals surface area contributed by atoms with E-state index in [-0.39, 0.29) is 0 Å². The molecule has 0 unspecified atom stereocenters. The fraction of sp³-hybridized carbons (Fsp3) is 0.0370.